The number of nitrogens with one attached hydrogen (secondary N) is 2. The van der Waals surface area contributed by atoms with Crippen molar-refractivity contribution in [3.63, 3.8) is 0 Å². The van der Waals surface area contributed by atoms with E-state index in [1.165, 1.54) is 12.4 Å². The summed E-state index contributed by atoms with van der Waals surface area (Å²) in [4.78, 5) is 28.6. The summed E-state index contributed by atoms with van der Waals surface area (Å²) in [5.74, 6) is -0.282. The van der Waals surface area contributed by atoms with E-state index < -0.39 is 11.7 Å². The van der Waals surface area contributed by atoms with E-state index in [0.717, 1.165) is 5.56 Å². The molecule has 144 valence electrons. The molecule has 6 heteroatoms. The maximum Gasteiger partial charge on any atom is 0.412 e. The van der Waals surface area contributed by atoms with Crippen molar-refractivity contribution in [1.82, 2.24) is 4.98 Å². The second-order valence-corrected chi connectivity index (χ2v) is 8.33. The Hall–Kier alpha value is -2.89. The van der Waals surface area contributed by atoms with Crippen LogP contribution in [-0.4, -0.2) is 22.6 Å². The topological polar surface area (TPSA) is 80.3 Å². The highest BCUT2D eigenvalue weighted by Gasteiger charge is 2.18. The average molecular weight is 369 g/mol. The van der Waals surface area contributed by atoms with Crippen LogP contribution >= 0.6 is 0 Å². The second kappa shape index (κ2) is 7.78. The molecule has 0 aliphatic rings. The number of hydrogen-bond acceptors (Lipinski definition) is 4. The van der Waals surface area contributed by atoms with Crippen LogP contribution < -0.4 is 10.6 Å². The molecule has 2 aromatic rings. The number of rotatable bonds is 3. The van der Waals surface area contributed by atoms with Crippen molar-refractivity contribution in [3.05, 3.63) is 53.9 Å². The number of hydrogen-bond donors (Lipinski definition) is 2. The third-order valence-corrected chi connectivity index (χ3v) is 3.72. The predicted molar refractivity (Wildman–Crippen MR) is 107 cm³/mol. The number of aromatic nitrogens is 1. The zero-order chi connectivity index (χ0) is 20.2. The lowest BCUT2D eigenvalue weighted by Crippen LogP contribution is -2.27. The molecule has 1 aromatic carbocycles. The largest absolute Gasteiger partial charge is 0.444 e. The molecule has 6 nitrogen and oxygen atoms in total. The summed E-state index contributed by atoms with van der Waals surface area (Å²) in [6, 6.07) is 9.05. The minimum absolute atomic E-state index is 0.0167. The molecule has 0 fully saturated rings. The van der Waals surface area contributed by atoms with E-state index >= 15 is 0 Å². The van der Waals surface area contributed by atoms with Gasteiger partial charge in [-0.05, 0) is 49.9 Å². The fraction of sp³-hybridized carbons (Fsp3) is 0.381. The summed E-state index contributed by atoms with van der Waals surface area (Å²) in [6.45, 7) is 11.7. The van der Waals surface area contributed by atoms with Gasteiger partial charge >= 0.3 is 6.09 Å². The van der Waals surface area contributed by atoms with Gasteiger partial charge < -0.3 is 10.1 Å². The van der Waals surface area contributed by atoms with Gasteiger partial charge in [-0.1, -0.05) is 32.9 Å². The summed E-state index contributed by atoms with van der Waals surface area (Å²) < 4.78 is 5.25. The van der Waals surface area contributed by atoms with Crippen molar-refractivity contribution in [1.29, 1.82) is 0 Å². The maximum absolute atomic E-state index is 12.6. The number of anilines is 2. The van der Waals surface area contributed by atoms with Gasteiger partial charge in [-0.25, -0.2) is 4.79 Å². The van der Waals surface area contributed by atoms with Gasteiger partial charge in [-0.2, -0.15) is 0 Å². The van der Waals surface area contributed by atoms with Gasteiger partial charge in [-0.15, -0.1) is 0 Å². The highest BCUT2D eigenvalue weighted by Crippen LogP contribution is 2.24. The molecule has 0 unspecified atom stereocenters. The smallest absolute Gasteiger partial charge is 0.412 e. The molecule has 0 radical (unpaired) electrons. The molecule has 0 bridgehead atoms. The Morgan fingerprint density at radius 1 is 0.889 bits per heavy atom. The number of amides is 2. The molecule has 0 spiro atoms. The van der Waals surface area contributed by atoms with Crippen molar-refractivity contribution >= 4 is 23.4 Å². The van der Waals surface area contributed by atoms with Crippen molar-refractivity contribution in [3.8, 4) is 0 Å². The van der Waals surface area contributed by atoms with Crippen LogP contribution in [0.4, 0.5) is 16.2 Å². The van der Waals surface area contributed by atoms with Crippen LogP contribution in [0, 0.1) is 0 Å². The first-order valence-electron chi connectivity index (χ1n) is 8.81. The van der Waals surface area contributed by atoms with Crippen LogP contribution in [0.25, 0.3) is 0 Å². The molecule has 0 atom stereocenters. The van der Waals surface area contributed by atoms with Crippen LogP contribution in [0.2, 0.25) is 0 Å². The van der Waals surface area contributed by atoms with E-state index in [2.05, 4.69) is 36.4 Å². The molecule has 0 saturated carbocycles. The van der Waals surface area contributed by atoms with Crippen LogP contribution in [0.15, 0.2) is 42.7 Å². The molecule has 2 N–H and O–H groups in total. The SMILES string of the molecule is CC(C)(C)OC(=O)Nc1ccncc1NC(=O)c1ccc(C(C)(C)C)cc1. The van der Waals surface area contributed by atoms with Gasteiger partial charge in [0.05, 0.1) is 17.6 Å². The molecule has 2 rings (SSSR count). The van der Waals surface area contributed by atoms with E-state index in [1.807, 2.05) is 12.1 Å². The van der Waals surface area contributed by atoms with Gasteiger partial charge in [0, 0.05) is 11.8 Å². The van der Waals surface area contributed by atoms with Gasteiger partial charge in [0.1, 0.15) is 5.60 Å². The van der Waals surface area contributed by atoms with Crippen molar-refractivity contribution in [2.24, 2.45) is 0 Å². The summed E-state index contributed by atoms with van der Waals surface area (Å²) in [6.07, 6.45) is 2.41. The number of carbonyl (C=O) groups is 2. The summed E-state index contributed by atoms with van der Waals surface area (Å²) in [5, 5.41) is 5.42. The predicted octanol–water partition coefficient (Wildman–Crippen LogP) is 4.98. The molecule has 0 aliphatic heterocycles. The van der Waals surface area contributed by atoms with Crippen molar-refractivity contribution in [2.75, 3.05) is 10.6 Å². The van der Waals surface area contributed by atoms with E-state index in [0.29, 0.717) is 16.9 Å². The Labute approximate surface area is 160 Å². The molecule has 27 heavy (non-hydrogen) atoms. The van der Waals surface area contributed by atoms with Crippen LogP contribution in [-0.2, 0) is 10.2 Å². The number of nitrogens with zero attached hydrogens (tertiary/aromatic N) is 1. The number of ether oxygens (including phenoxy) is 1. The normalized spacial score (nSPS) is 11.6. The van der Waals surface area contributed by atoms with Crippen molar-refractivity contribution < 1.29 is 14.3 Å². The summed E-state index contributed by atoms with van der Waals surface area (Å²) in [5.41, 5.74) is 1.88. The lowest BCUT2D eigenvalue weighted by molar-refractivity contribution is 0.0635. The Morgan fingerprint density at radius 3 is 2.07 bits per heavy atom. The first kappa shape index (κ1) is 20.4. The van der Waals surface area contributed by atoms with Gasteiger partial charge in [0.2, 0.25) is 0 Å². The first-order chi connectivity index (χ1) is 12.5. The number of benzene rings is 1. The van der Waals surface area contributed by atoms with E-state index in [9.17, 15) is 9.59 Å². The Bertz CT molecular complexity index is 816. The van der Waals surface area contributed by atoms with E-state index in [1.54, 1.807) is 39.0 Å². The van der Waals surface area contributed by atoms with Crippen LogP contribution in [0.1, 0.15) is 57.5 Å². The average Bonchev–Trinajstić information content (AvgIpc) is 2.54. The van der Waals surface area contributed by atoms with Gasteiger partial charge in [-0.3, -0.25) is 15.1 Å². The van der Waals surface area contributed by atoms with E-state index in [4.69, 9.17) is 4.74 Å². The standard InChI is InChI=1S/C21H27N3O3/c1-20(2,3)15-9-7-14(8-10-15)18(25)23-17-13-22-12-11-16(17)24-19(26)27-21(4,5)6/h7-13H,1-6H3,(H,23,25)(H,22,24,26). The lowest BCUT2D eigenvalue weighted by Gasteiger charge is -2.20. The quantitative estimate of drug-likeness (QED) is 0.800. The molecule has 1 heterocycles. The summed E-state index contributed by atoms with van der Waals surface area (Å²) >= 11 is 0. The molecule has 0 aliphatic carbocycles. The Balaban J connectivity index is 2.13. The third kappa shape index (κ3) is 6.09. The minimum atomic E-state index is -0.616. The van der Waals surface area contributed by atoms with E-state index in [-0.39, 0.29) is 11.3 Å². The van der Waals surface area contributed by atoms with Crippen LogP contribution in [0.3, 0.4) is 0 Å². The second-order valence-electron chi connectivity index (χ2n) is 8.33. The molecule has 2 amide bonds. The zero-order valence-corrected chi connectivity index (χ0v) is 16.7. The fourth-order valence-corrected chi connectivity index (χ4v) is 2.33. The molecular formula is C21H27N3O3. The number of carbonyl (C=O) groups excluding carboxylic acids is 2. The molecule has 1 aromatic heterocycles. The minimum Gasteiger partial charge on any atom is -0.444 e. The summed E-state index contributed by atoms with van der Waals surface area (Å²) in [7, 11) is 0. The third-order valence-electron chi connectivity index (χ3n) is 3.72. The highest BCUT2D eigenvalue weighted by atomic mass is 16.6. The Morgan fingerprint density at radius 2 is 1.52 bits per heavy atom. The van der Waals surface area contributed by atoms with Crippen molar-refractivity contribution in [2.45, 2.75) is 52.6 Å². The first-order valence-corrected chi connectivity index (χ1v) is 8.81. The fourth-order valence-electron chi connectivity index (χ4n) is 2.33. The Kier molecular flexibility index (Phi) is 5.88. The van der Waals surface area contributed by atoms with Gasteiger partial charge in [0.25, 0.3) is 5.91 Å². The molecular weight excluding hydrogens is 342 g/mol. The zero-order valence-electron chi connectivity index (χ0n) is 16.7. The highest BCUT2D eigenvalue weighted by molar-refractivity contribution is 6.06. The maximum atomic E-state index is 12.6. The number of pyridine rings is 1. The monoisotopic (exact) mass is 369 g/mol. The van der Waals surface area contributed by atoms with Crippen LogP contribution in [0.5, 0.6) is 0 Å². The van der Waals surface area contributed by atoms with Gasteiger partial charge in [0.15, 0.2) is 0 Å². The molecule has 0 saturated heterocycles. The lowest BCUT2D eigenvalue weighted by atomic mass is 9.87.